The van der Waals surface area contributed by atoms with E-state index < -0.39 is 5.60 Å². The van der Waals surface area contributed by atoms with Gasteiger partial charge in [0.15, 0.2) is 5.96 Å². The van der Waals surface area contributed by atoms with E-state index in [0.717, 1.165) is 24.1 Å². The van der Waals surface area contributed by atoms with Crippen LogP contribution in [0.5, 0.6) is 0 Å². The molecule has 0 atom stereocenters. The topological polar surface area (TPSA) is 80.0 Å². The molecule has 1 aromatic rings. The van der Waals surface area contributed by atoms with Gasteiger partial charge in [0.2, 0.25) is 0 Å². The normalized spacial score (nSPS) is 12.2. The van der Waals surface area contributed by atoms with Crippen molar-refractivity contribution < 1.29 is 9.53 Å². The van der Waals surface area contributed by atoms with Crippen LogP contribution in [0.25, 0.3) is 0 Å². The van der Waals surface area contributed by atoms with Crippen LogP contribution in [0.1, 0.15) is 52.2 Å². The van der Waals surface area contributed by atoms with Crippen molar-refractivity contribution in [2.75, 3.05) is 13.6 Å². The van der Waals surface area contributed by atoms with Crippen LogP contribution in [-0.2, 0) is 17.8 Å². The molecule has 0 spiro atoms. The van der Waals surface area contributed by atoms with Gasteiger partial charge < -0.3 is 20.7 Å². The van der Waals surface area contributed by atoms with Crippen LogP contribution < -0.4 is 11.1 Å². The molecule has 0 aromatic heterocycles. The summed E-state index contributed by atoms with van der Waals surface area (Å²) in [5, 5.41) is 3.12. The lowest BCUT2D eigenvalue weighted by Gasteiger charge is -2.24. The number of carbonyl (C=O) groups excluding carboxylic acids is 1. The summed E-state index contributed by atoms with van der Waals surface area (Å²) in [4.78, 5) is 17.9. The van der Waals surface area contributed by atoms with Gasteiger partial charge in [-0.15, -0.1) is 0 Å². The van der Waals surface area contributed by atoms with E-state index in [-0.39, 0.29) is 6.09 Å². The maximum atomic E-state index is 12.0. The Bertz CT molecular complexity index is 589. The predicted octanol–water partition coefficient (Wildman–Crippen LogP) is 3.50. The number of aliphatic imine (C=N–C) groups is 1. The monoisotopic (exact) mass is 362 g/mol. The molecule has 0 aliphatic rings. The molecule has 0 fully saturated rings. The third kappa shape index (κ3) is 9.30. The van der Waals surface area contributed by atoms with Gasteiger partial charge in [-0.3, -0.25) is 0 Å². The molecular weight excluding hydrogens is 328 g/mol. The summed E-state index contributed by atoms with van der Waals surface area (Å²) in [7, 11) is 1.73. The van der Waals surface area contributed by atoms with E-state index in [2.05, 4.69) is 24.2 Å². The summed E-state index contributed by atoms with van der Waals surface area (Å²) in [6, 6.07) is 7.99. The fourth-order valence-corrected chi connectivity index (χ4v) is 2.15. The molecule has 0 saturated heterocycles. The summed E-state index contributed by atoms with van der Waals surface area (Å²) < 4.78 is 5.36. The fourth-order valence-electron chi connectivity index (χ4n) is 2.15. The predicted molar refractivity (Wildman–Crippen MR) is 107 cm³/mol. The van der Waals surface area contributed by atoms with E-state index in [1.807, 2.05) is 45.0 Å². The molecule has 1 rings (SSSR count). The lowest BCUT2D eigenvalue weighted by atomic mass is 10.1. The van der Waals surface area contributed by atoms with Gasteiger partial charge in [0.25, 0.3) is 0 Å². The molecule has 6 heteroatoms. The number of amides is 1. The lowest BCUT2D eigenvalue weighted by Crippen LogP contribution is -2.33. The van der Waals surface area contributed by atoms with Gasteiger partial charge in [-0.05, 0) is 44.2 Å². The summed E-state index contributed by atoms with van der Waals surface area (Å²) >= 11 is 0. The van der Waals surface area contributed by atoms with Crippen molar-refractivity contribution in [3.05, 3.63) is 35.4 Å². The molecule has 146 valence electrons. The summed E-state index contributed by atoms with van der Waals surface area (Å²) in [6.45, 7) is 11.8. The third-order valence-corrected chi connectivity index (χ3v) is 3.61. The van der Waals surface area contributed by atoms with Gasteiger partial charge in [0.05, 0.1) is 6.54 Å². The molecule has 26 heavy (non-hydrogen) atoms. The van der Waals surface area contributed by atoms with E-state index in [1.165, 1.54) is 0 Å². The van der Waals surface area contributed by atoms with Gasteiger partial charge in [0, 0.05) is 20.1 Å². The second kappa shape index (κ2) is 10.0. The van der Waals surface area contributed by atoms with Crippen LogP contribution in [-0.4, -0.2) is 36.1 Å². The first kappa shape index (κ1) is 21.8. The minimum atomic E-state index is -0.490. The number of benzene rings is 1. The average Bonchev–Trinajstić information content (AvgIpc) is 2.52. The number of rotatable bonds is 7. The minimum absolute atomic E-state index is 0.327. The summed E-state index contributed by atoms with van der Waals surface area (Å²) in [6.07, 6.45) is 0.738. The number of nitrogens with one attached hydrogen (secondary N) is 1. The molecule has 1 aromatic carbocycles. The van der Waals surface area contributed by atoms with E-state index in [0.29, 0.717) is 25.0 Å². The Kier molecular flexibility index (Phi) is 8.42. The molecule has 0 aliphatic heterocycles. The molecule has 0 heterocycles. The number of guanidine groups is 1. The molecule has 0 aliphatic carbocycles. The van der Waals surface area contributed by atoms with E-state index in [4.69, 9.17) is 10.5 Å². The summed E-state index contributed by atoms with van der Waals surface area (Å²) in [5.74, 6) is 1.11. The zero-order valence-corrected chi connectivity index (χ0v) is 17.0. The van der Waals surface area contributed by atoms with Crippen molar-refractivity contribution in [1.82, 2.24) is 10.2 Å². The molecule has 0 saturated carbocycles. The third-order valence-electron chi connectivity index (χ3n) is 3.61. The quantitative estimate of drug-likeness (QED) is 0.575. The average molecular weight is 363 g/mol. The zero-order valence-electron chi connectivity index (χ0n) is 17.0. The highest BCUT2D eigenvalue weighted by molar-refractivity contribution is 5.77. The molecular formula is C20H34N4O2. The van der Waals surface area contributed by atoms with Crippen molar-refractivity contribution in [3.63, 3.8) is 0 Å². The van der Waals surface area contributed by atoms with Gasteiger partial charge in [-0.2, -0.15) is 0 Å². The van der Waals surface area contributed by atoms with Crippen LogP contribution in [0.3, 0.4) is 0 Å². The van der Waals surface area contributed by atoms with E-state index in [9.17, 15) is 4.79 Å². The molecule has 6 nitrogen and oxygen atoms in total. The lowest BCUT2D eigenvalue weighted by molar-refractivity contribution is 0.0285. The Hall–Kier alpha value is -2.24. The van der Waals surface area contributed by atoms with Crippen molar-refractivity contribution in [1.29, 1.82) is 0 Å². The highest BCUT2D eigenvalue weighted by atomic mass is 16.6. The summed E-state index contributed by atoms with van der Waals surface area (Å²) in [5.41, 5.74) is 7.49. The Balaban J connectivity index is 2.49. The van der Waals surface area contributed by atoms with E-state index >= 15 is 0 Å². The Labute approximate surface area is 157 Å². The van der Waals surface area contributed by atoms with Crippen LogP contribution >= 0.6 is 0 Å². The van der Waals surface area contributed by atoms with Gasteiger partial charge >= 0.3 is 6.09 Å². The first-order chi connectivity index (χ1) is 12.1. The van der Waals surface area contributed by atoms with Crippen molar-refractivity contribution in [3.8, 4) is 0 Å². The van der Waals surface area contributed by atoms with Gasteiger partial charge in [-0.1, -0.05) is 38.1 Å². The first-order valence-electron chi connectivity index (χ1n) is 9.12. The van der Waals surface area contributed by atoms with Crippen LogP contribution in [0, 0.1) is 5.92 Å². The number of nitrogens with two attached hydrogens (primary N) is 1. The van der Waals surface area contributed by atoms with E-state index in [1.54, 1.807) is 11.9 Å². The second-order valence-corrected chi connectivity index (χ2v) is 7.96. The van der Waals surface area contributed by atoms with Crippen molar-refractivity contribution in [2.24, 2.45) is 16.6 Å². The Morgan fingerprint density at radius 1 is 1.23 bits per heavy atom. The Morgan fingerprint density at radius 2 is 1.81 bits per heavy atom. The number of carbonyl (C=O) groups is 1. The standard InChI is InChI=1S/C20H34N4O2/c1-15(2)11-12-22-18(21)23-13-16-7-9-17(10-8-16)14-24(6)19(25)26-20(3,4)5/h7-10,15H,11-14H2,1-6H3,(H3,21,22,23). The molecule has 3 N–H and O–H groups in total. The second-order valence-electron chi connectivity index (χ2n) is 7.96. The Morgan fingerprint density at radius 3 is 2.35 bits per heavy atom. The maximum Gasteiger partial charge on any atom is 0.410 e. The smallest absolute Gasteiger partial charge is 0.410 e. The number of nitrogens with zero attached hydrogens (tertiary/aromatic N) is 2. The van der Waals surface area contributed by atoms with Crippen molar-refractivity contribution >= 4 is 12.1 Å². The largest absolute Gasteiger partial charge is 0.444 e. The van der Waals surface area contributed by atoms with Crippen LogP contribution in [0.15, 0.2) is 29.3 Å². The molecule has 0 unspecified atom stereocenters. The van der Waals surface area contributed by atoms with Gasteiger partial charge in [-0.25, -0.2) is 9.79 Å². The highest BCUT2D eigenvalue weighted by Gasteiger charge is 2.19. The number of ether oxygens (including phenoxy) is 1. The van der Waals surface area contributed by atoms with Crippen LogP contribution in [0.2, 0.25) is 0 Å². The minimum Gasteiger partial charge on any atom is -0.444 e. The van der Waals surface area contributed by atoms with Gasteiger partial charge in [0.1, 0.15) is 5.60 Å². The fraction of sp³-hybridized carbons (Fsp3) is 0.600. The maximum absolute atomic E-state index is 12.0. The zero-order chi connectivity index (χ0) is 19.7. The SMILES string of the molecule is CC(C)CCNC(N)=NCc1ccc(CN(C)C(=O)OC(C)(C)C)cc1. The highest BCUT2D eigenvalue weighted by Crippen LogP contribution is 2.12. The molecule has 0 radical (unpaired) electrons. The van der Waals surface area contributed by atoms with Crippen LogP contribution in [0.4, 0.5) is 4.79 Å². The molecule has 0 bridgehead atoms. The van der Waals surface area contributed by atoms with Crippen molar-refractivity contribution in [2.45, 2.75) is 59.7 Å². The number of hydrogen-bond acceptors (Lipinski definition) is 3. The number of hydrogen-bond donors (Lipinski definition) is 2. The first-order valence-corrected chi connectivity index (χ1v) is 9.12. The molecule has 1 amide bonds.